The van der Waals surface area contributed by atoms with E-state index in [1.54, 1.807) is 12.1 Å². The van der Waals surface area contributed by atoms with E-state index < -0.39 is 24.9 Å². The highest BCUT2D eigenvalue weighted by molar-refractivity contribution is 6.47. The summed E-state index contributed by atoms with van der Waals surface area (Å²) < 4.78 is 5.44. The SMILES string of the molecule is N[C@@H](C(=O)C[C@H]1Cc2cccc(C(=O)O)c2OB1O)C1CCCCC1. The van der Waals surface area contributed by atoms with E-state index in [4.69, 9.17) is 10.4 Å². The van der Waals surface area contributed by atoms with Crippen molar-refractivity contribution >= 4 is 18.9 Å². The molecular weight excluding hydrogens is 321 g/mol. The molecule has 0 aromatic heterocycles. The Morgan fingerprint density at radius 2 is 2.00 bits per heavy atom. The van der Waals surface area contributed by atoms with E-state index in [9.17, 15) is 19.7 Å². The minimum absolute atomic E-state index is 0.0280. The van der Waals surface area contributed by atoms with Gasteiger partial charge in [0.1, 0.15) is 11.5 Å². The molecule has 1 fully saturated rings. The Morgan fingerprint density at radius 1 is 1.28 bits per heavy atom. The van der Waals surface area contributed by atoms with Gasteiger partial charge in [0.2, 0.25) is 0 Å². The minimum atomic E-state index is -1.20. The number of fused-ring (bicyclic) bond motifs is 1. The summed E-state index contributed by atoms with van der Waals surface area (Å²) in [6, 6.07) is 4.37. The number of Topliss-reactive ketones (excluding diaryl/α,β-unsaturated/α-hetero) is 1. The van der Waals surface area contributed by atoms with E-state index >= 15 is 0 Å². The van der Waals surface area contributed by atoms with Crippen LogP contribution in [-0.2, 0) is 11.2 Å². The predicted octanol–water partition coefficient (Wildman–Crippen LogP) is 2.04. The summed E-state index contributed by atoms with van der Waals surface area (Å²) in [5.41, 5.74) is 6.89. The van der Waals surface area contributed by atoms with E-state index in [1.807, 2.05) is 0 Å². The molecule has 0 bridgehead atoms. The molecule has 1 aliphatic heterocycles. The summed E-state index contributed by atoms with van der Waals surface area (Å²) in [5, 5.41) is 19.5. The average Bonchev–Trinajstić information content (AvgIpc) is 2.61. The Hall–Kier alpha value is -1.86. The fourth-order valence-electron chi connectivity index (χ4n) is 3.98. The number of carboxylic acid groups (broad SMARTS) is 1. The highest BCUT2D eigenvalue weighted by Gasteiger charge is 2.39. The molecule has 134 valence electrons. The zero-order chi connectivity index (χ0) is 18.0. The zero-order valence-corrected chi connectivity index (χ0v) is 14.2. The lowest BCUT2D eigenvalue weighted by molar-refractivity contribution is -0.121. The fraction of sp³-hybridized carbons (Fsp3) is 0.556. The first kappa shape index (κ1) is 18.0. The first-order valence-corrected chi connectivity index (χ1v) is 8.95. The molecule has 1 aromatic rings. The van der Waals surface area contributed by atoms with E-state index in [0.717, 1.165) is 25.7 Å². The molecule has 1 heterocycles. The van der Waals surface area contributed by atoms with Crippen LogP contribution >= 0.6 is 0 Å². The third kappa shape index (κ3) is 3.88. The van der Waals surface area contributed by atoms with Crippen molar-refractivity contribution in [3.05, 3.63) is 29.3 Å². The van der Waals surface area contributed by atoms with E-state index in [1.165, 1.54) is 12.5 Å². The zero-order valence-electron chi connectivity index (χ0n) is 14.2. The number of aromatic carboxylic acids is 1. The molecule has 1 aliphatic carbocycles. The summed E-state index contributed by atoms with van der Waals surface area (Å²) in [5.74, 6) is -1.12. The second-order valence-corrected chi connectivity index (χ2v) is 7.17. The van der Waals surface area contributed by atoms with Crippen molar-refractivity contribution in [3.8, 4) is 5.75 Å². The van der Waals surface area contributed by atoms with Crippen LogP contribution in [0.1, 0.15) is 54.4 Å². The van der Waals surface area contributed by atoms with Gasteiger partial charge in [-0.3, -0.25) is 4.79 Å². The van der Waals surface area contributed by atoms with Crippen molar-refractivity contribution in [2.75, 3.05) is 0 Å². The van der Waals surface area contributed by atoms with Crippen LogP contribution in [0.5, 0.6) is 5.75 Å². The molecule has 1 aromatic carbocycles. The summed E-state index contributed by atoms with van der Waals surface area (Å²) in [4.78, 5) is 23.8. The number of para-hydroxylation sites is 1. The lowest BCUT2D eigenvalue weighted by Gasteiger charge is -2.30. The van der Waals surface area contributed by atoms with Gasteiger partial charge in [-0.2, -0.15) is 0 Å². The third-order valence-electron chi connectivity index (χ3n) is 5.44. The van der Waals surface area contributed by atoms with Crippen molar-refractivity contribution in [2.45, 2.75) is 56.8 Å². The third-order valence-corrected chi connectivity index (χ3v) is 5.44. The Labute approximate surface area is 147 Å². The smallest absolute Gasteiger partial charge is 0.526 e. The van der Waals surface area contributed by atoms with Gasteiger partial charge in [0.15, 0.2) is 0 Å². The lowest BCUT2D eigenvalue weighted by atomic mass is 9.63. The molecule has 0 radical (unpaired) electrons. The number of carbonyl (C=O) groups is 2. The molecular formula is C18H24BNO5. The number of benzene rings is 1. The van der Waals surface area contributed by atoms with Crippen LogP contribution in [0.3, 0.4) is 0 Å². The van der Waals surface area contributed by atoms with E-state index in [2.05, 4.69) is 0 Å². The van der Waals surface area contributed by atoms with Gasteiger partial charge in [0.05, 0.1) is 11.6 Å². The Kier molecular flexibility index (Phi) is 5.44. The topological polar surface area (TPSA) is 110 Å². The molecule has 4 N–H and O–H groups in total. The lowest BCUT2D eigenvalue weighted by Crippen LogP contribution is -2.42. The molecule has 1 saturated carbocycles. The number of rotatable bonds is 5. The predicted molar refractivity (Wildman–Crippen MR) is 93.6 cm³/mol. The average molecular weight is 345 g/mol. The second-order valence-electron chi connectivity index (χ2n) is 7.17. The van der Waals surface area contributed by atoms with Crippen LogP contribution in [0.25, 0.3) is 0 Å². The van der Waals surface area contributed by atoms with Gasteiger partial charge in [0.25, 0.3) is 0 Å². The molecule has 7 heteroatoms. The molecule has 6 nitrogen and oxygen atoms in total. The first-order valence-electron chi connectivity index (χ1n) is 8.95. The Balaban J connectivity index is 1.69. The number of ketones is 1. The van der Waals surface area contributed by atoms with Crippen LogP contribution < -0.4 is 10.4 Å². The standard InChI is InChI=1S/C18H24BNO5/c20-16(11-5-2-1-3-6-11)15(21)10-13-9-12-7-4-8-14(18(22)23)17(12)25-19(13)24/h4,7-8,11,13,16,24H,1-3,5-6,9-10,20H2,(H,22,23)/t13-,16-/m1/s1. The summed E-state index contributed by atoms with van der Waals surface area (Å²) >= 11 is 0. The number of hydrogen-bond donors (Lipinski definition) is 3. The fourth-order valence-corrected chi connectivity index (χ4v) is 3.98. The van der Waals surface area contributed by atoms with Crippen molar-refractivity contribution in [1.82, 2.24) is 0 Å². The maximum Gasteiger partial charge on any atom is 0.526 e. The molecule has 2 aliphatic rings. The second kappa shape index (κ2) is 7.58. The number of carboxylic acids is 1. The van der Waals surface area contributed by atoms with E-state index in [-0.39, 0.29) is 29.4 Å². The quantitative estimate of drug-likeness (QED) is 0.705. The number of hydrogen-bond acceptors (Lipinski definition) is 5. The van der Waals surface area contributed by atoms with Crippen molar-refractivity contribution < 1.29 is 24.4 Å². The monoisotopic (exact) mass is 345 g/mol. The highest BCUT2D eigenvalue weighted by Crippen LogP contribution is 2.37. The van der Waals surface area contributed by atoms with Gasteiger partial charge in [-0.25, -0.2) is 4.79 Å². The van der Waals surface area contributed by atoms with Crippen molar-refractivity contribution in [1.29, 1.82) is 0 Å². The van der Waals surface area contributed by atoms with Crippen molar-refractivity contribution in [2.24, 2.45) is 11.7 Å². The normalized spacial score (nSPS) is 22.0. The van der Waals surface area contributed by atoms with Crippen LogP contribution in [0.4, 0.5) is 0 Å². The molecule has 0 saturated heterocycles. The van der Waals surface area contributed by atoms with E-state index in [0.29, 0.717) is 12.0 Å². The Bertz CT molecular complexity index is 659. The van der Waals surface area contributed by atoms with Crippen LogP contribution in [0, 0.1) is 5.92 Å². The molecule has 0 unspecified atom stereocenters. The number of nitrogens with two attached hydrogens (primary N) is 1. The van der Waals surface area contributed by atoms with Crippen LogP contribution in [0.15, 0.2) is 18.2 Å². The minimum Gasteiger partial charge on any atom is -0.535 e. The molecule has 3 rings (SSSR count). The highest BCUT2D eigenvalue weighted by atomic mass is 16.5. The van der Waals surface area contributed by atoms with Crippen LogP contribution in [-0.4, -0.2) is 35.0 Å². The Morgan fingerprint density at radius 3 is 2.68 bits per heavy atom. The maximum absolute atomic E-state index is 12.6. The van der Waals surface area contributed by atoms with Gasteiger partial charge in [0, 0.05) is 12.2 Å². The van der Waals surface area contributed by atoms with Gasteiger partial charge in [-0.05, 0) is 36.8 Å². The van der Waals surface area contributed by atoms with Crippen molar-refractivity contribution in [3.63, 3.8) is 0 Å². The maximum atomic E-state index is 12.6. The molecule has 0 spiro atoms. The largest absolute Gasteiger partial charge is 0.535 e. The molecule has 2 atom stereocenters. The summed E-state index contributed by atoms with van der Waals surface area (Å²) in [7, 11) is -1.20. The molecule has 0 amide bonds. The first-order chi connectivity index (χ1) is 12.0. The summed E-state index contributed by atoms with van der Waals surface area (Å²) in [6.07, 6.45) is 5.97. The van der Waals surface area contributed by atoms with Crippen LogP contribution in [0.2, 0.25) is 5.82 Å². The van der Waals surface area contributed by atoms with Gasteiger partial charge in [-0.1, -0.05) is 31.4 Å². The van der Waals surface area contributed by atoms with Gasteiger partial charge >= 0.3 is 13.1 Å². The molecule has 25 heavy (non-hydrogen) atoms. The van der Waals surface area contributed by atoms with Gasteiger partial charge < -0.3 is 20.5 Å². The summed E-state index contributed by atoms with van der Waals surface area (Å²) in [6.45, 7) is 0. The van der Waals surface area contributed by atoms with Gasteiger partial charge in [-0.15, -0.1) is 0 Å². The number of carbonyl (C=O) groups excluding carboxylic acids is 1.